The first-order valence-corrected chi connectivity index (χ1v) is 10.5. The van der Waals surface area contributed by atoms with Crippen molar-refractivity contribution in [3.8, 4) is 5.88 Å². The fourth-order valence-electron chi connectivity index (χ4n) is 4.62. The van der Waals surface area contributed by atoms with Crippen LogP contribution in [0.5, 0.6) is 5.88 Å². The number of rotatable bonds is 5. The summed E-state index contributed by atoms with van der Waals surface area (Å²) in [6, 6.07) is 11.2. The molecular formula is C22H32N4O2. The second kappa shape index (κ2) is 8.53. The Morgan fingerprint density at radius 3 is 2.36 bits per heavy atom. The van der Waals surface area contributed by atoms with E-state index >= 15 is 0 Å². The topological polar surface area (TPSA) is 65.5 Å². The Morgan fingerprint density at radius 2 is 1.68 bits per heavy atom. The molecule has 2 aliphatic rings. The number of nitrogens with zero attached hydrogens (tertiary/aromatic N) is 3. The van der Waals surface area contributed by atoms with Crippen LogP contribution in [0, 0.1) is 0 Å². The molecule has 2 heterocycles. The lowest BCUT2D eigenvalue weighted by Crippen LogP contribution is -2.51. The molecule has 0 amide bonds. The predicted octanol–water partition coefficient (Wildman–Crippen LogP) is 3.64. The standard InChI is InChI=1S/C22H32N4O2/c1-16-12-25(13-17(2)28-16)19-8-10-20(11-9-19)26-14-21(23)22(24-26)27-15-18-6-4-3-5-7-18/h3-7,14,16-17,19-20H,8-13,15,23H2,1-2H3/t16-,17+,19-,20-. The van der Waals surface area contributed by atoms with Gasteiger partial charge in [-0.1, -0.05) is 30.3 Å². The first-order valence-electron chi connectivity index (χ1n) is 10.5. The lowest BCUT2D eigenvalue weighted by Gasteiger charge is -2.42. The highest BCUT2D eigenvalue weighted by molar-refractivity contribution is 5.46. The van der Waals surface area contributed by atoms with Crippen LogP contribution >= 0.6 is 0 Å². The van der Waals surface area contributed by atoms with Crippen LogP contribution in [-0.4, -0.2) is 46.0 Å². The maximum absolute atomic E-state index is 6.16. The molecule has 152 valence electrons. The van der Waals surface area contributed by atoms with E-state index in [0.29, 0.717) is 42.5 Å². The van der Waals surface area contributed by atoms with Crippen LogP contribution in [-0.2, 0) is 11.3 Å². The van der Waals surface area contributed by atoms with Crippen molar-refractivity contribution in [2.45, 2.75) is 70.4 Å². The quantitative estimate of drug-likeness (QED) is 0.853. The van der Waals surface area contributed by atoms with Gasteiger partial charge in [0.25, 0.3) is 5.88 Å². The molecule has 4 rings (SSSR count). The van der Waals surface area contributed by atoms with E-state index in [2.05, 4.69) is 23.8 Å². The van der Waals surface area contributed by atoms with Gasteiger partial charge in [0.05, 0.1) is 24.4 Å². The molecule has 1 saturated heterocycles. The van der Waals surface area contributed by atoms with Crippen LogP contribution in [0.15, 0.2) is 36.5 Å². The van der Waals surface area contributed by atoms with Crippen molar-refractivity contribution in [1.82, 2.24) is 14.7 Å². The molecule has 1 aromatic carbocycles. The molecule has 1 saturated carbocycles. The molecule has 6 heteroatoms. The third kappa shape index (κ3) is 4.50. The minimum absolute atomic E-state index is 0.330. The summed E-state index contributed by atoms with van der Waals surface area (Å²) in [4.78, 5) is 2.63. The van der Waals surface area contributed by atoms with Gasteiger partial charge in [-0.2, -0.15) is 0 Å². The number of hydrogen-bond donors (Lipinski definition) is 1. The van der Waals surface area contributed by atoms with Crippen molar-refractivity contribution in [3.05, 3.63) is 42.1 Å². The van der Waals surface area contributed by atoms with Gasteiger partial charge >= 0.3 is 0 Å². The Labute approximate surface area is 167 Å². The van der Waals surface area contributed by atoms with Gasteiger partial charge in [-0.3, -0.25) is 9.58 Å². The van der Waals surface area contributed by atoms with E-state index in [-0.39, 0.29) is 0 Å². The van der Waals surface area contributed by atoms with E-state index in [9.17, 15) is 0 Å². The number of nitrogen functional groups attached to an aromatic ring is 1. The van der Waals surface area contributed by atoms with Crippen LogP contribution in [0.3, 0.4) is 0 Å². The molecule has 2 aromatic rings. The van der Waals surface area contributed by atoms with E-state index < -0.39 is 0 Å². The number of nitrogens with two attached hydrogens (primary N) is 1. The molecule has 1 aliphatic carbocycles. The number of aromatic nitrogens is 2. The van der Waals surface area contributed by atoms with E-state index in [1.54, 1.807) is 0 Å². The number of anilines is 1. The first-order chi connectivity index (χ1) is 13.6. The van der Waals surface area contributed by atoms with E-state index in [1.807, 2.05) is 41.2 Å². The maximum Gasteiger partial charge on any atom is 0.256 e. The summed E-state index contributed by atoms with van der Waals surface area (Å²) in [5.41, 5.74) is 7.89. The second-order valence-corrected chi connectivity index (χ2v) is 8.32. The van der Waals surface area contributed by atoms with Gasteiger partial charge in [0, 0.05) is 19.1 Å². The van der Waals surface area contributed by atoms with Crippen LogP contribution in [0.2, 0.25) is 0 Å². The second-order valence-electron chi connectivity index (χ2n) is 8.32. The minimum atomic E-state index is 0.330. The van der Waals surface area contributed by atoms with Gasteiger partial charge < -0.3 is 15.2 Å². The monoisotopic (exact) mass is 384 g/mol. The molecule has 28 heavy (non-hydrogen) atoms. The highest BCUT2D eigenvalue weighted by Crippen LogP contribution is 2.34. The third-order valence-corrected chi connectivity index (χ3v) is 5.95. The summed E-state index contributed by atoms with van der Waals surface area (Å²) in [5.74, 6) is 0.543. The Hall–Kier alpha value is -2.05. The predicted molar refractivity (Wildman–Crippen MR) is 110 cm³/mol. The zero-order chi connectivity index (χ0) is 19.5. The molecule has 2 fully saturated rings. The normalized spacial score (nSPS) is 28.9. The zero-order valence-corrected chi connectivity index (χ0v) is 17.0. The van der Waals surface area contributed by atoms with E-state index in [4.69, 9.17) is 15.2 Å². The van der Waals surface area contributed by atoms with Crippen LogP contribution in [0.1, 0.15) is 51.1 Å². The lowest BCUT2D eigenvalue weighted by molar-refractivity contribution is -0.0852. The third-order valence-electron chi connectivity index (χ3n) is 5.95. The molecule has 1 aromatic heterocycles. The van der Waals surface area contributed by atoms with Crippen LogP contribution < -0.4 is 10.5 Å². The fourth-order valence-corrected chi connectivity index (χ4v) is 4.62. The number of hydrogen-bond acceptors (Lipinski definition) is 5. The zero-order valence-electron chi connectivity index (χ0n) is 17.0. The lowest BCUT2D eigenvalue weighted by atomic mass is 9.89. The van der Waals surface area contributed by atoms with Gasteiger partial charge in [-0.15, -0.1) is 5.10 Å². The van der Waals surface area contributed by atoms with Gasteiger partial charge in [0.15, 0.2) is 0 Å². The molecular weight excluding hydrogens is 352 g/mol. The number of morpholine rings is 1. The molecule has 6 nitrogen and oxygen atoms in total. The smallest absolute Gasteiger partial charge is 0.256 e. The first kappa shape index (κ1) is 19.3. The number of ether oxygens (including phenoxy) is 2. The molecule has 0 unspecified atom stereocenters. The Bertz CT molecular complexity index is 745. The Balaban J connectivity index is 1.32. The van der Waals surface area contributed by atoms with Crippen LogP contribution in [0.25, 0.3) is 0 Å². The Kier molecular flexibility index (Phi) is 5.87. The summed E-state index contributed by atoms with van der Waals surface area (Å²) in [5, 5.41) is 4.65. The Morgan fingerprint density at radius 1 is 1.04 bits per heavy atom. The molecule has 1 aliphatic heterocycles. The largest absolute Gasteiger partial charge is 0.470 e. The average Bonchev–Trinajstić information content (AvgIpc) is 3.07. The van der Waals surface area contributed by atoms with Crippen molar-refractivity contribution in [2.75, 3.05) is 18.8 Å². The molecule has 0 radical (unpaired) electrons. The van der Waals surface area contributed by atoms with Gasteiger partial charge in [-0.25, -0.2) is 0 Å². The SMILES string of the molecule is C[C@@H]1CN([C@H]2CC[C@H](n3cc(N)c(OCc4ccccc4)n3)CC2)C[C@H](C)O1. The van der Waals surface area contributed by atoms with Crippen molar-refractivity contribution < 1.29 is 9.47 Å². The van der Waals surface area contributed by atoms with Gasteiger partial charge in [0.1, 0.15) is 12.3 Å². The molecule has 0 spiro atoms. The number of benzene rings is 1. The summed E-state index contributed by atoms with van der Waals surface area (Å²) in [7, 11) is 0. The molecule has 2 atom stereocenters. The summed E-state index contributed by atoms with van der Waals surface area (Å²) < 4.78 is 13.8. The highest BCUT2D eigenvalue weighted by Gasteiger charge is 2.32. The van der Waals surface area contributed by atoms with Crippen molar-refractivity contribution in [1.29, 1.82) is 0 Å². The summed E-state index contributed by atoms with van der Waals surface area (Å²) in [6.45, 7) is 6.94. The molecule has 0 bridgehead atoms. The molecule has 2 N–H and O–H groups in total. The maximum atomic E-state index is 6.16. The van der Waals surface area contributed by atoms with E-state index in [0.717, 1.165) is 31.5 Å². The highest BCUT2D eigenvalue weighted by atomic mass is 16.5. The fraction of sp³-hybridized carbons (Fsp3) is 0.591. The van der Waals surface area contributed by atoms with Crippen molar-refractivity contribution >= 4 is 5.69 Å². The van der Waals surface area contributed by atoms with Crippen molar-refractivity contribution in [2.24, 2.45) is 0 Å². The van der Waals surface area contributed by atoms with Crippen molar-refractivity contribution in [3.63, 3.8) is 0 Å². The van der Waals surface area contributed by atoms with Crippen LogP contribution in [0.4, 0.5) is 5.69 Å². The van der Waals surface area contributed by atoms with Gasteiger partial charge in [0.2, 0.25) is 0 Å². The summed E-state index contributed by atoms with van der Waals surface area (Å²) >= 11 is 0. The summed E-state index contributed by atoms with van der Waals surface area (Å²) in [6.07, 6.45) is 7.25. The minimum Gasteiger partial charge on any atom is -0.470 e. The van der Waals surface area contributed by atoms with Gasteiger partial charge in [-0.05, 0) is 45.1 Å². The average molecular weight is 385 g/mol. The van der Waals surface area contributed by atoms with E-state index in [1.165, 1.54) is 12.8 Å².